The standard InChI is InChI=1S/C15H22O2.C2H6/c1-3-17-15-11-7-10-14(12-15)9-6-4-5-8-13(2)16;1-2/h7,10-12H,3-6,8-9H2,1-2H3;1-2H3. The zero-order valence-electron chi connectivity index (χ0n) is 12.9. The number of carbonyl (C=O) groups is 1. The molecule has 0 spiro atoms. The van der Waals surface area contributed by atoms with Crippen LogP contribution in [0.2, 0.25) is 0 Å². The van der Waals surface area contributed by atoms with Crippen LogP contribution in [0.4, 0.5) is 0 Å². The highest BCUT2D eigenvalue weighted by atomic mass is 16.5. The Hall–Kier alpha value is -1.31. The molecular weight excluding hydrogens is 236 g/mol. The van der Waals surface area contributed by atoms with Crippen molar-refractivity contribution in [2.24, 2.45) is 0 Å². The van der Waals surface area contributed by atoms with E-state index in [-0.39, 0.29) is 0 Å². The second kappa shape index (κ2) is 11.8. The van der Waals surface area contributed by atoms with Gasteiger partial charge in [-0.2, -0.15) is 0 Å². The molecule has 2 nitrogen and oxygen atoms in total. The minimum absolute atomic E-state index is 0.295. The van der Waals surface area contributed by atoms with Gasteiger partial charge in [-0.25, -0.2) is 0 Å². The number of unbranched alkanes of at least 4 members (excludes halogenated alkanes) is 2. The Kier molecular flexibility index (Phi) is 11.0. The fourth-order valence-corrected chi connectivity index (χ4v) is 1.84. The summed E-state index contributed by atoms with van der Waals surface area (Å²) in [5.41, 5.74) is 1.32. The summed E-state index contributed by atoms with van der Waals surface area (Å²) in [4.78, 5) is 10.8. The topological polar surface area (TPSA) is 26.3 Å². The van der Waals surface area contributed by atoms with Crippen molar-refractivity contribution in [2.75, 3.05) is 6.61 Å². The first-order valence-corrected chi connectivity index (χ1v) is 7.43. The molecule has 0 aromatic heterocycles. The molecule has 0 bridgehead atoms. The summed E-state index contributed by atoms with van der Waals surface area (Å²) in [5, 5.41) is 0. The fraction of sp³-hybridized carbons (Fsp3) is 0.588. The van der Waals surface area contributed by atoms with Gasteiger partial charge in [-0.05, 0) is 50.8 Å². The molecule has 0 heterocycles. The molecule has 0 saturated carbocycles. The van der Waals surface area contributed by atoms with Gasteiger partial charge in [0, 0.05) is 6.42 Å². The van der Waals surface area contributed by atoms with E-state index in [2.05, 4.69) is 12.1 Å². The van der Waals surface area contributed by atoms with E-state index in [0.29, 0.717) is 12.4 Å². The van der Waals surface area contributed by atoms with Gasteiger partial charge in [0.25, 0.3) is 0 Å². The molecule has 0 unspecified atom stereocenters. The van der Waals surface area contributed by atoms with Crippen LogP contribution in [0.5, 0.6) is 5.75 Å². The molecular formula is C17H28O2. The van der Waals surface area contributed by atoms with Gasteiger partial charge in [0.2, 0.25) is 0 Å². The number of rotatable bonds is 8. The van der Waals surface area contributed by atoms with Gasteiger partial charge in [0.1, 0.15) is 11.5 Å². The Morgan fingerprint density at radius 1 is 1.16 bits per heavy atom. The van der Waals surface area contributed by atoms with Gasteiger partial charge in [0.05, 0.1) is 6.61 Å². The number of carbonyl (C=O) groups excluding carboxylic acids is 1. The van der Waals surface area contributed by atoms with E-state index in [1.165, 1.54) is 5.56 Å². The highest BCUT2D eigenvalue weighted by Gasteiger charge is 1.98. The summed E-state index contributed by atoms with van der Waals surface area (Å²) in [6.45, 7) is 8.36. The van der Waals surface area contributed by atoms with Crippen LogP contribution in [-0.4, -0.2) is 12.4 Å². The summed E-state index contributed by atoms with van der Waals surface area (Å²) in [6, 6.07) is 8.26. The molecule has 0 aliphatic carbocycles. The van der Waals surface area contributed by atoms with E-state index in [1.807, 2.05) is 32.9 Å². The van der Waals surface area contributed by atoms with E-state index in [9.17, 15) is 4.79 Å². The van der Waals surface area contributed by atoms with Crippen LogP contribution in [-0.2, 0) is 11.2 Å². The maximum Gasteiger partial charge on any atom is 0.129 e. The molecule has 1 aromatic carbocycles. The van der Waals surface area contributed by atoms with Crippen LogP contribution in [0.25, 0.3) is 0 Å². The van der Waals surface area contributed by atoms with Crippen molar-refractivity contribution >= 4 is 5.78 Å². The third-order valence-corrected chi connectivity index (χ3v) is 2.70. The SMILES string of the molecule is CC.CCOc1cccc(CCCCCC(C)=O)c1. The van der Waals surface area contributed by atoms with Crippen molar-refractivity contribution in [3.8, 4) is 5.75 Å². The molecule has 0 N–H and O–H groups in total. The predicted octanol–water partition coefficient (Wildman–Crippen LogP) is 4.80. The fourth-order valence-electron chi connectivity index (χ4n) is 1.84. The summed E-state index contributed by atoms with van der Waals surface area (Å²) in [5.74, 6) is 1.25. The minimum Gasteiger partial charge on any atom is -0.494 e. The van der Waals surface area contributed by atoms with E-state index in [1.54, 1.807) is 6.92 Å². The van der Waals surface area contributed by atoms with Crippen molar-refractivity contribution in [1.29, 1.82) is 0 Å². The van der Waals surface area contributed by atoms with Crippen LogP contribution >= 0.6 is 0 Å². The van der Waals surface area contributed by atoms with Crippen molar-refractivity contribution in [3.05, 3.63) is 29.8 Å². The van der Waals surface area contributed by atoms with E-state index < -0.39 is 0 Å². The van der Waals surface area contributed by atoms with Crippen LogP contribution in [0.3, 0.4) is 0 Å². The number of benzene rings is 1. The third kappa shape index (κ3) is 9.29. The number of hydrogen-bond donors (Lipinski definition) is 0. The zero-order valence-corrected chi connectivity index (χ0v) is 12.9. The molecule has 1 rings (SSSR count). The molecule has 0 aliphatic heterocycles. The summed E-state index contributed by atoms with van der Waals surface area (Å²) in [7, 11) is 0. The molecule has 0 saturated heterocycles. The molecule has 19 heavy (non-hydrogen) atoms. The molecule has 0 aliphatic rings. The first-order valence-electron chi connectivity index (χ1n) is 7.43. The van der Waals surface area contributed by atoms with E-state index in [4.69, 9.17) is 4.74 Å². The average molecular weight is 264 g/mol. The lowest BCUT2D eigenvalue weighted by Crippen LogP contribution is -1.93. The molecule has 108 valence electrons. The number of hydrogen-bond acceptors (Lipinski definition) is 2. The molecule has 1 aromatic rings. The number of Topliss-reactive ketones (excluding diaryl/α,β-unsaturated/α-hetero) is 1. The Bertz CT molecular complexity index is 345. The quantitative estimate of drug-likeness (QED) is 0.630. The van der Waals surface area contributed by atoms with Gasteiger partial charge in [0.15, 0.2) is 0 Å². The largest absolute Gasteiger partial charge is 0.494 e. The van der Waals surface area contributed by atoms with Crippen molar-refractivity contribution in [2.45, 2.75) is 59.8 Å². The van der Waals surface area contributed by atoms with Gasteiger partial charge in [-0.1, -0.05) is 32.4 Å². The predicted molar refractivity (Wildman–Crippen MR) is 81.8 cm³/mol. The van der Waals surface area contributed by atoms with E-state index in [0.717, 1.165) is 37.9 Å². The summed E-state index contributed by atoms with van der Waals surface area (Å²) >= 11 is 0. The van der Waals surface area contributed by atoms with Crippen molar-refractivity contribution < 1.29 is 9.53 Å². The third-order valence-electron chi connectivity index (χ3n) is 2.70. The number of aryl methyl sites for hydroxylation is 1. The Balaban J connectivity index is 0.00000154. The van der Waals surface area contributed by atoms with Gasteiger partial charge < -0.3 is 9.53 Å². The summed E-state index contributed by atoms with van der Waals surface area (Å²) < 4.78 is 5.46. The first kappa shape index (κ1) is 17.7. The molecule has 0 atom stereocenters. The Morgan fingerprint density at radius 2 is 1.89 bits per heavy atom. The lowest BCUT2D eigenvalue weighted by Gasteiger charge is -2.05. The minimum atomic E-state index is 0.295. The average Bonchev–Trinajstić information content (AvgIpc) is 2.41. The van der Waals surface area contributed by atoms with Gasteiger partial charge in [-0.3, -0.25) is 0 Å². The zero-order chi connectivity index (χ0) is 14.5. The highest BCUT2D eigenvalue weighted by Crippen LogP contribution is 2.15. The van der Waals surface area contributed by atoms with Crippen LogP contribution in [0, 0.1) is 0 Å². The normalized spacial score (nSPS) is 9.47. The Labute approximate surface area is 118 Å². The Morgan fingerprint density at radius 3 is 2.53 bits per heavy atom. The van der Waals surface area contributed by atoms with Gasteiger partial charge in [-0.15, -0.1) is 0 Å². The smallest absolute Gasteiger partial charge is 0.129 e. The van der Waals surface area contributed by atoms with Crippen molar-refractivity contribution in [1.82, 2.24) is 0 Å². The van der Waals surface area contributed by atoms with E-state index >= 15 is 0 Å². The molecule has 2 heteroatoms. The second-order valence-electron chi connectivity index (χ2n) is 4.34. The number of ketones is 1. The second-order valence-corrected chi connectivity index (χ2v) is 4.34. The van der Waals surface area contributed by atoms with Crippen LogP contribution < -0.4 is 4.74 Å². The summed E-state index contributed by atoms with van der Waals surface area (Å²) in [6.07, 6.45) is 5.07. The molecule has 0 radical (unpaired) electrons. The highest BCUT2D eigenvalue weighted by molar-refractivity contribution is 5.75. The van der Waals surface area contributed by atoms with Crippen molar-refractivity contribution in [3.63, 3.8) is 0 Å². The lowest BCUT2D eigenvalue weighted by molar-refractivity contribution is -0.117. The number of ether oxygens (including phenoxy) is 1. The molecule has 0 fully saturated rings. The maximum atomic E-state index is 10.8. The monoisotopic (exact) mass is 264 g/mol. The van der Waals surface area contributed by atoms with Crippen LogP contribution in [0.1, 0.15) is 58.9 Å². The van der Waals surface area contributed by atoms with Gasteiger partial charge >= 0.3 is 0 Å². The maximum absolute atomic E-state index is 10.8. The lowest BCUT2D eigenvalue weighted by atomic mass is 10.1. The van der Waals surface area contributed by atoms with Crippen LogP contribution in [0.15, 0.2) is 24.3 Å². The first-order chi connectivity index (χ1) is 9.22. The molecule has 0 amide bonds.